The minimum absolute atomic E-state index is 0.489. The van der Waals surface area contributed by atoms with Crippen LogP contribution in [0.25, 0.3) is 0 Å². The summed E-state index contributed by atoms with van der Waals surface area (Å²) < 4.78 is 0. The molecule has 0 bridgehead atoms. The average molecular weight is 157 g/mol. The van der Waals surface area contributed by atoms with E-state index in [2.05, 4.69) is 27.7 Å². The van der Waals surface area contributed by atoms with Crippen molar-refractivity contribution in [2.24, 2.45) is 17.1 Å². The van der Waals surface area contributed by atoms with Gasteiger partial charge < -0.3 is 5.73 Å². The molecular weight excluding hydrogens is 134 g/mol. The van der Waals surface area contributed by atoms with Crippen LogP contribution in [-0.2, 0) is 0 Å². The fraction of sp³-hybridized carbons (Fsp3) is 1.00. The SMILES string of the molecule is CC(CCN)CCC(C)(C)C. The average Bonchev–Trinajstić information content (AvgIpc) is 1.83. The summed E-state index contributed by atoms with van der Waals surface area (Å²) in [4.78, 5) is 0. The molecule has 0 saturated carbocycles. The highest BCUT2D eigenvalue weighted by atomic mass is 14.5. The van der Waals surface area contributed by atoms with E-state index in [1.165, 1.54) is 19.3 Å². The maximum absolute atomic E-state index is 5.47. The summed E-state index contributed by atoms with van der Waals surface area (Å²) in [5.41, 5.74) is 5.96. The maximum atomic E-state index is 5.47. The lowest BCUT2D eigenvalue weighted by atomic mass is 9.86. The molecule has 1 nitrogen and oxygen atoms in total. The second kappa shape index (κ2) is 4.76. The third-order valence-electron chi connectivity index (χ3n) is 2.05. The topological polar surface area (TPSA) is 26.0 Å². The van der Waals surface area contributed by atoms with Crippen LogP contribution in [0.15, 0.2) is 0 Å². The normalized spacial score (nSPS) is 15.0. The molecule has 68 valence electrons. The first-order valence-electron chi connectivity index (χ1n) is 4.66. The van der Waals surface area contributed by atoms with Crippen LogP contribution in [0.4, 0.5) is 0 Å². The predicted molar refractivity (Wildman–Crippen MR) is 51.5 cm³/mol. The first-order valence-corrected chi connectivity index (χ1v) is 4.66. The lowest BCUT2D eigenvalue weighted by Gasteiger charge is -2.20. The Kier molecular flexibility index (Phi) is 4.74. The van der Waals surface area contributed by atoms with E-state index in [4.69, 9.17) is 5.73 Å². The highest BCUT2D eigenvalue weighted by molar-refractivity contribution is 4.64. The molecule has 2 N–H and O–H groups in total. The van der Waals surface area contributed by atoms with Gasteiger partial charge in [0.05, 0.1) is 0 Å². The quantitative estimate of drug-likeness (QED) is 0.667. The van der Waals surface area contributed by atoms with Gasteiger partial charge in [-0.15, -0.1) is 0 Å². The van der Waals surface area contributed by atoms with Gasteiger partial charge in [0.2, 0.25) is 0 Å². The Morgan fingerprint density at radius 2 is 1.73 bits per heavy atom. The van der Waals surface area contributed by atoms with Gasteiger partial charge in [0.1, 0.15) is 0 Å². The molecule has 0 fully saturated rings. The van der Waals surface area contributed by atoms with E-state index < -0.39 is 0 Å². The molecule has 0 aliphatic carbocycles. The Bertz CT molecular complexity index is 91.5. The highest BCUT2D eigenvalue weighted by Crippen LogP contribution is 2.24. The first-order chi connectivity index (χ1) is 4.95. The second-order valence-corrected chi connectivity index (χ2v) is 4.78. The minimum atomic E-state index is 0.489. The summed E-state index contributed by atoms with van der Waals surface area (Å²) in [6.07, 6.45) is 3.81. The van der Waals surface area contributed by atoms with Crippen LogP contribution in [0.3, 0.4) is 0 Å². The largest absolute Gasteiger partial charge is 0.330 e. The van der Waals surface area contributed by atoms with Crippen LogP contribution in [-0.4, -0.2) is 6.54 Å². The van der Waals surface area contributed by atoms with Crippen molar-refractivity contribution in [2.75, 3.05) is 6.54 Å². The summed E-state index contributed by atoms with van der Waals surface area (Å²) in [7, 11) is 0. The van der Waals surface area contributed by atoms with Crippen LogP contribution < -0.4 is 5.73 Å². The second-order valence-electron chi connectivity index (χ2n) is 4.78. The van der Waals surface area contributed by atoms with Crippen molar-refractivity contribution >= 4 is 0 Å². The molecule has 1 atom stereocenters. The lowest BCUT2D eigenvalue weighted by Crippen LogP contribution is -2.10. The molecule has 1 heteroatoms. The molecule has 0 amide bonds. The monoisotopic (exact) mass is 157 g/mol. The minimum Gasteiger partial charge on any atom is -0.330 e. The molecule has 0 aromatic rings. The number of hydrogen-bond acceptors (Lipinski definition) is 1. The molecule has 0 aliphatic heterocycles. The summed E-state index contributed by atoms with van der Waals surface area (Å²) >= 11 is 0. The van der Waals surface area contributed by atoms with E-state index >= 15 is 0 Å². The van der Waals surface area contributed by atoms with E-state index in [1.54, 1.807) is 0 Å². The van der Waals surface area contributed by atoms with E-state index in [-0.39, 0.29) is 0 Å². The van der Waals surface area contributed by atoms with Gasteiger partial charge in [-0.1, -0.05) is 34.1 Å². The van der Waals surface area contributed by atoms with Gasteiger partial charge in [0.25, 0.3) is 0 Å². The molecule has 0 spiro atoms. The molecule has 0 saturated heterocycles. The van der Waals surface area contributed by atoms with Gasteiger partial charge in [-0.05, 0) is 30.7 Å². The zero-order chi connectivity index (χ0) is 8.91. The molecule has 1 unspecified atom stereocenters. The van der Waals surface area contributed by atoms with Gasteiger partial charge in [0, 0.05) is 0 Å². The van der Waals surface area contributed by atoms with Crippen molar-refractivity contribution in [1.29, 1.82) is 0 Å². The van der Waals surface area contributed by atoms with Crippen molar-refractivity contribution in [3.05, 3.63) is 0 Å². The van der Waals surface area contributed by atoms with Crippen molar-refractivity contribution in [3.8, 4) is 0 Å². The van der Waals surface area contributed by atoms with E-state index in [0.717, 1.165) is 12.5 Å². The molecular formula is C10H23N. The first kappa shape index (κ1) is 11.0. The molecule has 0 aromatic carbocycles. The zero-order valence-electron chi connectivity index (χ0n) is 8.48. The van der Waals surface area contributed by atoms with Crippen LogP contribution in [0.5, 0.6) is 0 Å². The molecule has 11 heavy (non-hydrogen) atoms. The standard InChI is InChI=1S/C10H23N/c1-9(6-8-11)5-7-10(2,3)4/h9H,5-8,11H2,1-4H3. The fourth-order valence-electron chi connectivity index (χ4n) is 1.11. The van der Waals surface area contributed by atoms with E-state index in [1.807, 2.05) is 0 Å². The van der Waals surface area contributed by atoms with Gasteiger partial charge in [-0.3, -0.25) is 0 Å². The highest BCUT2D eigenvalue weighted by Gasteiger charge is 2.11. The molecule has 0 radical (unpaired) electrons. The summed E-state index contributed by atoms with van der Waals surface area (Å²) in [6.45, 7) is 10.0. The van der Waals surface area contributed by atoms with Crippen molar-refractivity contribution in [3.63, 3.8) is 0 Å². The van der Waals surface area contributed by atoms with Crippen LogP contribution in [0.2, 0.25) is 0 Å². The van der Waals surface area contributed by atoms with E-state index in [0.29, 0.717) is 5.41 Å². The molecule has 0 heterocycles. The van der Waals surface area contributed by atoms with Crippen molar-refractivity contribution in [2.45, 2.75) is 47.0 Å². The Morgan fingerprint density at radius 3 is 2.09 bits per heavy atom. The van der Waals surface area contributed by atoms with E-state index in [9.17, 15) is 0 Å². The number of nitrogens with two attached hydrogens (primary N) is 1. The summed E-state index contributed by atoms with van der Waals surface area (Å²) in [6, 6.07) is 0. The third kappa shape index (κ3) is 7.86. The van der Waals surface area contributed by atoms with Gasteiger partial charge in [-0.25, -0.2) is 0 Å². The predicted octanol–water partition coefficient (Wildman–Crippen LogP) is 2.80. The Balaban J connectivity index is 3.38. The Hall–Kier alpha value is -0.0400. The van der Waals surface area contributed by atoms with Crippen molar-refractivity contribution in [1.82, 2.24) is 0 Å². The smallest absolute Gasteiger partial charge is 0.00747 e. The fourth-order valence-corrected chi connectivity index (χ4v) is 1.11. The van der Waals surface area contributed by atoms with Crippen LogP contribution >= 0.6 is 0 Å². The third-order valence-corrected chi connectivity index (χ3v) is 2.05. The summed E-state index contributed by atoms with van der Waals surface area (Å²) in [5, 5.41) is 0. The molecule has 0 aliphatic rings. The Labute approximate surface area is 71.4 Å². The van der Waals surface area contributed by atoms with Crippen molar-refractivity contribution < 1.29 is 0 Å². The van der Waals surface area contributed by atoms with Gasteiger partial charge in [0.15, 0.2) is 0 Å². The Morgan fingerprint density at radius 1 is 1.18 bits per heavy atom. The number of rotatable bonds is 4. The maximum Gasteiger partial charge on any atom is -0.00747 e. The molecule has 0 rings (SSSR count). The summed E-state index contributed by atoms with van der Waals surface area (Å²) in [5.74, 6) is 0.805. The zero-order valence-corrected chi connectivity index (χ0v) is 8.48. The van der Waals surface area contributed by atoms with Gasteiger partial charge >= 0.3 is 0 Å². The number of hydrogen-bond donors (Lipinski definition) is 1. The lowest BCUT2D eigenvalue weighted by molar-refractivity contribution is 0.325. The van der Waals surface area contributed by atoms with Gasteiger partial charge in [-0.2, -0.15) is 0 Å². The van der Waals surface area contributed by atoms with Crippen LogP contribution in [0.1, 0.15) is 47.0 Å². The van der Waals surface area contributed by atoms with Crippen LogP contribution in [0, 0.1) is 11.3 Å². The molecule has 0 aromatic heterocycles.